The Bertz CT molecular complexity index is 1150. The Balaban J connectivity index is 1.76. The molecule has 5 nitrogen and oxygen atoms in total. The lowest BCUT2D eigenvalue weighted by molar-refractivity contribution is -0.119. The second kappa shape index (κ2) is 6.08. The summed E-state index contributed by atoms with van der Waals surface area (Å²) in [4.78, 5) is 43.9. The third-order valence-corrected chi connectivity index (χ3v) is 5.78. The van der Waals surface area contributed by atoms with Gasteiger partial charge in [-0.25, -0.2) is 0 Å². The number of carbonyl (C=O) groups is 3. The van der Waals surface area contributed by atoms with Crippen molar-refractivity contribution in [2.24, 2.45) is 5.41 Å². The van der Waals surface area contributed by atoms with Gasteiger partial charge < -0.3 is 4.74 Å². The zero-order valence-corrected chi connectivity index (χ0v) is 16.2. The van der Waals surface area contributed by atoms with Crippen LogP contribution in [0.15, 0.2) is 71.3 Å². The number of aromatic nitrogens is 1. The highest BCUT2D eigenvalue weighted by Gasteiger charge is 2.48. The van der Waals surface area contributed by atoms with Crippen molar-refractivity contribution >= 4 is 17.3 Å². The van der Waals surface area contributed by atoms with Crippen LogP contribution in [0.25, 0.3) is 0 Å². The summed E-state index contributed by atoms with van der Waals surface area (Å²) >= 11 is 0. The second-order valence-corrected chi connectivity index (χ2v) is 8.52. The van der Waals surface area contributed by atoms with Crippen LogP contribution in [0, 0.1) is 5.41 Å². The van der Waals surface area contributed by atoms with Crippen molar-refractivity contribution in [2.75, 3.05) is 0 Å². The molecule has 3 aliphatic rings. The molecule has 1 aromatic carbocycles. The number of Topliss-reactive ketones (excluding diaryl/α,β-unsaturated/α-hetero) is 3. The number of allylic oxidation sites excluding steroid dienone is 4. The Morgan fingerprint density at radius 3 is 2.45 bits per heavy atom. The van der Waals surface area contributed by atoms with E-state index in [4.69, 9.17) is 4.74 Å². The van der Waals surface area contributed by atoms with E-state index in [1.807, 2.05) is 44.2 Å². The van der Waals surface area contributed by atoms with E-state index in [9.17, 15) is 14.4 Å². The normalized spacial score (nSPS) is 22.7. The molecule has 1 unspecified atom stereocenters. The van der Waals surface area contributed by atoms with Crippen molar-refractivity contribution in [2.45, 2.75) is 32.6 Å². The van der Waals surface area contributed by atoms with Gasteiger partial charge in [0, 0.05) is 30.5 Å². The molecular formula is C24H19NO4. The van der Waals surface area contributed by atoms with E-state index in [1.165, 1.54) is 6.20 Å². The Hall–Kier alpha value is -3.34. The molecule has 144 valence electrons. The van der Waals surface area contributed by atoms with E-state index in [-0.39, 0.29) is 45.4 Å². The van der Waals surface area contributed by atoms with Gasteiger partial charge in [-0.15, -0.1) is 0 Å². The topological polar surface area (TPSA) is 73.3 Å². The zero-order chi connectivity index (χ0) is 20.3. The van der Waals surface area contributed by atoms with Crippen LogP contribution in [0.4, 0.5) is 0 Å². The van der Waals surface area contributed by atoms with Crippen molar-refractivity contribution in [3.8, 4) is 0 Å². The molecule has 0 N–H and O–H groups in total. The summed E-state index contributed by atoms with van der Waals surface area (Å²) < 4.78 is 6.03. The van der Waals surface area contributed by atoms with E-state index in [0.29, 0.717) is 24.2 Å². The van der Waals surface area contributed by atoms with Crippen LogP contribution >= 0.6 is 0 Å². The van der Waals surface area contributed by atoms with Crippen molar-refractivity contribution in [1.82, 2.24) is 4.98 Å². The van der Waals surface area contributed by atoms with E-state index < -0.39 is 5.92 Å². The van der Waals surface area contributed by atoms with Gasteiger partial charge in [0.2, 0.25) is 11.6 Å². The van der Waals surface area contributed by atoms with Gasteiger partial charge in [-0.2, -0.15) is 0 Å². The number of hydrogen-bond donors (Lipinski definition) is 0. The summed E-state index contributed by atoms with van der Waals surface area (Å²) in [6.45, 7) is 4.01. The fraction of sp³-hybridized carbons (Fsp3) is 0.250. The van der Waals surface area contributed by atoms with Crippen LogP contribution in [0.1, 0.15) is 59.0 Å². The predicted molar refractivity (Wildman–Crippen MR) is 105 cm³/mol. The van der Waals surface area contributed by atoms with Crippen LogP contribution in [0.2, 0.25) is 0 Å². The Morgan fingerprint density at radius 1 is 0.931 bits per heavy atom. The quantitative estimate of drug-likeness (QED) is 0.737. The standard InChI is InChI=1S/C24H19NO4/c1-24(2)11-15(26)18-16(12-24)29-23-19(17(18)13-7-4-3-5-8-13)22(28)20-14(21(23)27)9-6-10-25-20/h3-10,17H,11-12H2,1-2H3. The van der Waals surface area contributed by atoms with Gasteiger partial charge in [-0.3, -0.25) is 19.4 Å². The fourth-order valence-corrected chi connectivity index (χ4v) is 4.55. The highest BCUT2D eigenvalue weighted by atomic mass is 16.5. The first-order chi connectivity index (χ1) is 13.9. The number of pyridine rings is 1. The lowest BCUT2D eigenvalue weighted by atomic mass is 9.68. The van der Waals surface area contributed by atoms with Gasteiger partial charge >= 0.3 is 0 Å². The average molecular weight is 385 g/mol. The summed E-state index contributed by atoms with van der Waals surface area (Å²) in [5.74, 6) is -0.825. The number of ether oxygens (including phenoxy) is 1. The molecule has 0 spiro atoms. The summed E-state index contributed by atoms with van der Waals surface area (Å²) in [5.41, 5.74) is 1.61. The summed E-state index contributed by atoms with van der Waals surface area (Å²) in [7, 11) is 0. The Morgan fingerprint density at radius 2 is 1.69 bits per heavy atom. The summed E-state index contributed by atoms with van der Waals surface area (Å²) in [5, 5.41) is 0. The van der Waals surface area contributed by atoms with Crippen molar-refractivity contribution in [1.29, 1.82) is 0 Å². The lowest BCUT2D eigenvalue weighted by Crippen LogP contribution is -2.37. The van der Waals surface area contributed by atoms with E-state index in [2.05, 4.69) is 4.98 Å². The molecule has 5 heteroatoms. The molecule has 2 heterocycles. The number of rotatable bonds is 1. The molecule has 0 fully saturated rings. The number of hydrogen-bond acceptors (Lipinski definition) is 5. The van der Waals surface area contributed by atoms with Crippen LogP contribution in [-0.4, -0.2) is 22.3 Å². The van der Waals surface area contributed by atoms with Gasteiger partial charge in [0.15, 0.2) is 11.5 Å². The lowest BCUT2D eigenvalue weighted by Gasteiger charge is -2.39. The van der Waals surface area contributed by atoms with Gasteiger partial charge in [-0.1, -0.05) is 44.2 Å². The molecule has 0 radical (unpaired) electrons. The SMILES string of the molecule is CC1(C)CC(=O)C2=C(C1)OC1=C(C(=O)c3ncccc3C1=O)C2c1ccccc1. The molecule has 29 heavy (non-hydrogen) atoms. The third-order valence-electron chi connectivity index (χ3n) is 5.78. The van der Waals surface area contributed by atoms with Crippen molar-refractivity contribution < 1.29 is 19.1 Å². The highest BCUT2D eigenvalue weighted by molar-refractivity contribution is 6.27. The molecule has 0 amide bonds. The molecule has 0 saturated heterocycles. The van der Waals surface area contributed by atoms with Crippen LogP contribution in [0.3, 0.4) is 0 Å². The van der Waals surface area contributed by atoms with E-state index in [0.717, 1.165) is 5.56 Å². The van der Waals surface area contributed by atoms with E-state index in [1.54, 1.807) is 12.1 Å². The molecule has 2 aromatic rings. The van der Waals surface area contributed by atoms with Crippen LogP contribution in [0.5, 0.6) is 0 Å². The number of carbonyl (C=O) groups excluding carboxylic acids is 3. The maximum absolute atomic E-state index is 13.4. The van der Waals surface area contributed by atoms with Gasteiger partial charge in [0.25, 0.3) is 0 Å². The molecule has 0 saturated carbocycles. The third kappa shape index (κ3) is 2.61. The summed E-state index contributed by atoms with van der Waals surface area (Å²) in [6, 6.07) is 12.6. The molecule has 1 aromatic heterocycles. The largest absolute Gasteiger partial charge is 0.457 e. The summed E-state index contributed by atoms with van der Waals surface area (Å²) in [6.07, 6.45) is 2.41. The Labute approximate surface area is 168 Å². The highest BCUT2D eigenvalue weighted by Crippen LogP contribution is 2.50. The average Bonchev–Trinajstić information content (AvgIpc) is 2.70. The first-order valence-electron chi connectivity index (χ1n) is 9.65. The number of ketones is 3. The maximum Gasteiger partial charge on any atom is 0.230 e. The van der Waals surface area contributed by atoms with Crippen molar-refractivity contribution in [3.05, 3.63) is 88.1 Å². The number of benzene rings is 1. The van der Waals surface area contributed by atoms with E-state index >= 15 is 0 Å². The molecule has 1 aliphatic heterocycles. The second-order valence-electron chi connectivity index (χ2n) is 8.52. The van der Waals surface area contributed by atoms with Crippen molar-refractivity contribution in [3.63, 3.8) is 0 Å². The number of fused-ring (bicyclic) bond motifs is 1. The maximum atomic E-state index is 13.4. The fourth-order valence-electron chi connectivity index (χ4n) is 4.55. The molecule has 5 rings (SSSR count). The van der Waals surface area contributed by atoms with Crippen LogP contribution in [-0.2, 0) is 9.53 Å². The molecular weight excluding hydrogens is 366 g/mol. The minimum Gasteiger partial charge on any atom is -0.457 e. The first kappa shape index (κ1) is 17.7. The monoisotopic (exact) mass is 385 g/mol. The zero-order valence-electron chi connectivity index (χ0n) is 16.2. The molecule has 0 bridgehead atoms. The number of nitrogens with zero attached hydrogens (tertiary/aromatic N) is 1. The molecule has 1 atom stereocenters. The van der Waals surface area contributed by atoms with Crippen LogP contribution < -0.4 is 0 Å². The first-order valence-corrected chi connectivity index (χ1v) is 9.65. The minimum atomic E-state index is -0.620. The Kier molecular flexibility index (Phi) is 3.72. The smallest absolute Gasteiger partial charge is 0.230 e. The van der Waals surface area contributed by atoms with Gasteiger partial charge in [0.1, 0.15) is 11.5 Å². The van der Waals surface area contributed by atoms with Gasteiger partial charge in [0.05, 0.1) is 11.1 Å². The minimum absolute atomic E-state index is 0.0357. The van der Waals surface area contributed by atoms with Gasteiger partial charge in [-0.05, 0) is 23.1 Å². The molecule has 2 aliphatic carbocycles. The predicted octanol–water partition coefficient (Wildman–Crippen LogP) is 4.17.